The van der Waals surface area contributed by atoms with Gasteiger partial charge < -0.3 is 14.4 Å². The minimum atomic E-state index is -0.620. The molecular weight excluding hydrogens is 294 g/mol. The summed E-state index contributed by atoms with van der Waals surface area (Å²) in [7, 11) is 1.24. The summed E-state index contributed by atoms with van der Waals surface area (Å²) in [6.45, 7) is 1.71. The Kier molecular flexibility index (Phi) is 4.33. The number of methoxy groups -OCH3 is 1. The average Bonchev–Trinajstić information content (AvgIpc) is 2.81. The van der Waals surface area contributed by atoms with Crippen LogP contribution in [-0.2, 0) is 11.3 Å². The summed E-state index contributed by atoms with van der Waals surface area (Å²) in [4.78, 5) is 23.9. The van der Waals surface area contributed by atoms with Gasteiger partial charge in [0.25, 0.3) is 0 Å². The molecule has 21 heavy (non-hydrogen) atoms. The van der Waals surface area contributed by atoms with Gasteiger partial charge in [0.05, 0.1) is 13.7 Å². The van der Waals surface area contributed by atoms with Gasteiger partial charge in [-0.15, -0.1) is 0 Å². The highest BCUT2D eigenvalue weighted by atomic mass is 35.5. The maximum absolute atomic E-state index is 12.3. The molecule has 1 aromatic carbocycles. The van der Waals surface area contributed by atoms with Crippen molar-refractivity contribution in [3.05, 3.63) is 52.3 Å². The van der Waals surface area contributed by atoms with Crippen molar-refractivity contribution in [1.29, 1.82) is 0 Å². The summed E-state index contributed by atoms with van der Waals surface area (Å²) < 4.78 is 5.97. The van der Waals surface area contributed by atoms with E-state index < -0.39 is 5.97 Å². The first-order chi connectivity index (χ1) is 9.92. The SMILES string of the molecule is COC(=O)c1cc(O)cn1CC(=O)c1cc(Cl)ccc1C. The molecule has 0 amide bonds. The first-order valence-electron chi connectivity index (χ1n) is 6.19. The van der Waals surface area contributed by atoms with E-state index in [4.69, 9.17) is 11.6 Å². The van der Waals surface area contributed by atoms with Gasteiger partial charge in [0.1, 0.15) is 11.4 Å². The average molecular weight is 308 g/mol. The Balaban J connectivity index is 2.32. The van der Waals surface area contributed by atoms with Crippen molar-refractivity contribution < 1.29 is 19.4 Å². The highest BCUT2D eigenvalue weighted by Crippen LogP contribution is 2.19. The normalized spacial score (nSPS) is 10.4. The molecule has 0 unspecified atom stereocenters. The van der Waals surface area contributed by atoms with Gasteiger partial charge in [-0.1, -0.05) is 17.7 Å². The Morgan fingerprint density at radius 3 is 2.71 bits per heavy atom. The summed E-state index contributed by atoms with van der Waals surface area (Å²) in [6, 6.07) is 6.29. The Morgan fingerprint density at radius 2 is 2.05 bits per heavy atom. The standard InChI is InChI=1S/C15H14ClNO4/c1-9-3-4-10(16)5-12(9)14(19)8-17-7-11(18)6-13(17)15(20)21-2/h3-7,18H,8H2,1-2H3. The number of benzene rings is 1. The maximum Gasteiger partial charge on any atom is 0.354 e. The Hall–Kier alpha value is -2.27. The molecule has 0 aliphatic heterocycles. The van der Waals surface area contributed by atoms with Crippen LogP contribution in [0.2, 0.25) is 5.02 Å². The number of ketones is 1. The number of hydrogen-bond acceptors (Lipinski definition) is 4. The number of Topliss-reactive ketones (excluding diaryl/α,β-unsaturated/α-hetero) is 1. The number of aryl methyl sites for hydroxylation is 1. The van der Waals surface area contributed by atoms with E-state index in [-0.39, 0.29) is 23.8 Å². The second-order valence-electron chi connectivity index (χ2n) is 4.59. The molecule has 0 bridgehead atoms. The van der Waals surface area contributed by atoms with E-state index in [9.17, 15) is 14.7 Å². The number of aromatic nitrogens is 1. The smallest absolute Gasteiger partial charge is 0.354 e. The molecule has 0 radical (unpaired) electrons. The fourth-order valence-electron chi connectivity index (χ4n) is 2.04. The number of carbonyl (C=O) groups excluding carboxylic acids is 2. The number of halogens is 1. The van der Waals surface area contributed by atoms with Gasteiger partial charge in [0.15, 0.2) is 5.78 Å². The van der Waals surface area contributed by atoms with Crippen molar-refractivity contribution >= 4 is 23.4 Å². The molecule has 0 aliphatic carbocycles. The Bertz CT molecular complexity index is 706. The lowest BCUT2D eigenvalue weighted by molar-refractivity contribution is 0.0588. The van der Waals surface area contributed by atoms with Gasteiger partial charge in [0, 0.05) is 22.8 Å². The molecule has 1 aromatic heterocycles. The molecule has 0 atom stereocenters. The van der Waals surface area contributed by atoms with E-state index in [0.717, 1.165) is 5.56 Å². The zero-order valence-corrected chi connectivity index (χ0v) is 12.3. The van der Waals surface area contributed by atoms with Crippen LogP contribution >= 0.6 is 11.6 Å². The minimum absolute atomic E-state index is 0.0911. The molecule has 1 N–H and O–H groups in total. The van der Waals surface area contributed by atoms with E-state index in [1.165, 1.54) is 23.9 Å². The van der Waals surface area contributed by atoms with Crippen LogP contribution in [0.25, 0.3) is 0 Å². The fourth-order valence-corrected chi connectivity index (χ4v) is 2.21. The van der Waals surface area contributed by atoms with E-state index in [1.807, 2.05) is 0 Å². The van der Waals surface area contributed by atoms with Crippen molar-refractivity contribution in [3.63, 3.8) is 0 Å². The number of aromatic hydroxyl groups is 1. The number of ether oxygens (including phenoxy) is 1. The summed E-state index contributed by atoms with van der Waals surface area (Å²) >= 11 is 5.90. The molecule has 0 spiro atoms. The molecule has 0 aliphatic rings. The van der Waals surface area contributed by atoms with E-state index in [2.05, 4.69) is 4.74 Å². The van der Waals surface area contributed by atoms with Gasteiger partial charge in [-0.25, -0.2) is 4.79 Å². The monoisotopic (exact) mass is 307 g/mol. The second kappa shape index (κ2) is 6.01. The van der Waals surface area contributed by atoms with Crippen molar-refractivity contribution in [2.75, 3.05) is 7.11 Å². The molecular formula is C15H14ClNO4. The molecule has 5 nitrogen and oxygen atoms in total. The molecule has 0 saturated carbocycles. The molecule has 1 heterocycles. The summed E-state index contributed by atoms with van der Waals surface area (Å²) in [5, 5.41) is 9.96. The molecule has 2 aromatic rings. The number of esters is 1. The van der Waals surface area contributed by atoms with Crippen LogP contribution in [0.5, 0.6) is 5.75 Å². The third kappa shape index (κ3) is 3.25. The van der Waals surface area contributed by atoms with Crippen LogP contribution in [0.15, 0.2) is 30.5 Å². The lowest BCUT2D eigenvalue weighted by Crippen LogP contribution is -2.16. The van der Waals surface area contributed by atoms with Crippen molar-refractivity contribution in [3.8, 4) is 5.75 Å². The largest absolute Gasteiger partial charge is 0.506 e. The first-order valence-corrected chi connectivity index (χ1v) is 6.57. The maximum atomic E-state index is 12.3. The summed E-state index contributed by atoms with van der Waals surface area (Å²) in [5.74, 6) is -0.937. The van der Waals surface area contributed by atoms with Crippen LogP contribution in [-0.4, -0.2) is 28.5 Å². The van der Waals surface area contributed by atoms with Crippen LogP contribution in [0.3, 0.4) is 0 Å². The van der Waals surface area contributed by atoms with E-state index >= 15 is 0 Å². The van der Waals surface area contributed by atoms with Crippen molar-refractivity contribution in [2.24, 2.45) is 0 Å². The number of carbonyl (C=O) groups is 2. The first kappa shape index (κ1) is 15.1. The van der Waals surface area contributed by atoms with E-state index in [1.54, 1.807) is 25.1 Å². The van der Waals surface area contributed by atoms with Gasteiger partial charge in [-0.3, -0.25) is 4.79 Å². The molecule has 0 fully saturated rings. The summed E-state index contributed by atoms with van der Waals surface area (Å²) in [6.07, 6.45) is 1.31. The highest BCUT2D eigenvalue weighted by Gasteiger charge is 2.18. The molecule has 0 saturated heterocycles. The predicted molar refractivity (Wildman–Crippen MR) is 78.0 cm³/mol. The number of nitrogens with zero attached hydrogens (tertiary/aromatic N) is 1. The zero-order valence-electron chi connectivity index (χ0n) is 11.6. The lowest BCUT2D eigenvalue weighted by Gasteiger charge is -2.09. The second-order valence-corrected chi connectivity index (χ2v) is 5.02. The Morgan fingerprint density at radius 1 is 1.33 bits per heavy atom. The van der Waals surface area contributed by atoms with Crippen molar-refractivity contribution in [2.45, 2.75) is 13.5 Å². The topological polar surface area (TPSA) is 68.5 Å². The lowest BCUT2D eigenvalue weighted by atomic mass is 10.0. The van der Waals surface area contributed by atoms with Gasteiger partial charge in [-0.05, 0) is 24.6 Å². The Labute approximate surface area is 126 Å². The highest BCUT2D eigenvalue weighted by molar-refractivity contribution is 6.31. The van der Waals surface area contributed by atoms with Crippen LogP contribution in [0.4, 0.5) is 0 Å². The minimum Gasteiger partial charge on any atom is -0.506 e. The molecule has 110 valence electrons. The third-order valence-electron chi connectivity index (χ3n) is 3.09. The molecule has 6 heteroatoms. The summed E-state index contributed by atoms with van der Waals surface area (Å²) in [5.41, 5.74) is 1.38. The third-order valence-corrected chi connectivity index (χ3v) is 3.33. The van der Waals surface area contributed by atoms with Gasteiger partial charge in [-0.2, -0.15) is 0 Å². The van der Waals surface area contributed by atoms with Crippen LogP contribution < -0.4 is 0 Å². The fraction of sp³-hybridized carbons (Fsp3) is 0.200. The number of rotatable bonds is 4. The van der Waals surface area contributed by atoms with Crippen LogP contribution in [0, 0.1) is 6.92 Å². The van der Waals surface area contributed by atoms with Crippen molar-refractivity contribution in [1.82, 2.24) is 4.57 Å². The van der Waals surface area contributed by atoms with E-state index in [0.29, 0.717) is 10.6 Å². The quantitative estimate of drug-likeness (QED) is 0.696. The zero-order chi connectivity index (χ0) is 15.6. The number of hydrogen-bond donors (Lipinski definition) is 1. The molecule has 2 rings (SSSR count). The van der Waals surface area contributed by atoms with Gasteiger partial charge in [0.2, 0.25) is 0 Å². The van der Waals surface area contributed by atoms with Crippen LogP contribution in [0.1, 0.15) is 26.4 Å². The van der Waals surface area contributed by atoms with Gasteiger partial charge >= 0.3 is 5.97 Å². The predicted octanol–water partition coefficient (Wildman–Crippen LogP) is 2.83.